The molecule has 0 fully saturated rings. The molecule has 3 aromatic heterocycles. The van der Waals surface area contributed by atoms with Crippen LogP contribution in [0.15, 0.2) is 30.3 Å². The Bertz CT molecular complexity index is 1410. The molecule has 4 rings (SSSR count). The Morgan fingerprint density at radius 1 is 0.974 bits per heavy atom. The Balaban J connectivity index is 1.86. The van der Waals surface area contributed by atoms with E-state index in [4.69, 9.17) is 9.84 Å². The van der Waals surface area contributed by atoms with E-state index in [1.165, 1.54) is 22.7 Å². The highest BCUT2D eigenvalue weighted by Crippen LogP contribution is 2.33. The lowest BCUT2D eigenvalue weighted by molar-refractivity contribution is 0.416. The van der Waals surface area contributed by atoms with Gasteiger partial charge in [0.15, 0.2) is 11.5 Å². The van der Waals surface area contributed by atoms with Crippen molar-refractivity contribution in [3.8, 4) is 17.1 Å². The van der Waals surface area contributed by atoms with Gasteiger partial charge in [-0.1, -0.05) is 34.1 Å². The van der Waals surface area contributed by atoms with Crippen LogP contribution in [0.3, 0.4) is 0 Å². The Morgan fingerprint density at radius 3 is 2.34 bits per heavy atom. The molecule has 0 radical (unpaired) electrons. The largest absolute Gasteiger partial charge is 0.496 e. The van der Waals surface area contributed by atoms with E-state index in [9.17, 15) is 0 Å². The first-order valence-corrected chi connectivity index (χ1v) is 14.6. The van der Waals surface area contributed by atoms with Crippen molar-refractivity contribution in [2.75, 3.05) is 43.1 Å². The van der Waals surface area contributed by atoms with Gasteiger partial charge in [0.25, 0.3) is 0 Å². The van der Waals surface area contributed by atoms with Crippen molar-refractivity contribution in [1.82, 2.24) is 19.8 Å². The van der Waals surface area contributed by atoms with Crippen LogP contribution >= 0.6 is 11.3 Å². The smallest absolute Gasteiger partial charge is 0.189 e. The maximum Gasteiger partial charge on any atom is 0.189 e. The van der Waals surface area contributed by atoms with Crippen molar-refractivity contribution in [3.05, 3.63) is 46.1 Å². The van der Waals surface area contributed by atoms with E-state index in [1.807, 2.05) is 21.9 Å². The highest BCUT2D eigenvalue weighted by Gasteiger charge is 2.25. The molecule has 0 spiro atoms. The number of aromatic nitrogens is 4. The van der Waals surface area contributed by atoms with E-state index in [-0.39, 0.29) is 5.41 Å². The van der Waals surface area contributed by atoms with Crippen LogP contribution < -0.4 is 19.8 Å². The SMILES string of the molecule is CCCCN(CC)c1ccc(C=c2c(C(C)(C)C)nn3c(-c4cc(N(CC)CC)ccc4OC)nnc23)s1. The van der Waals surface area contributed by atoms with Crippen LogP contribution in [0.2, 0.25) is 0 Å². The molecule has 0 N–H and O–H groups in total. The lowest BCUT2D eigenvalue weighted by Crippen LogP contribution is -2.22. The summed E-state index contributed by atoms with van der Waals surface area (Å²) in [5, 5.41) is 16.7. The Hall–Kier alpha value is -3.13. The highest BCUT2D eigenvalue weighted by atomic mass is 32.1. The molecular formula is C30H42N6OS. The molecule has 4 aromatic rings. The molecule has 8 heteroatoms. The molecule has 0 saturated heterocycles. The monoisotopic (exact) mass is 534 g/mol. The van der Waals surface area contributed by atoms with Gasteiger partial charge in [0.1, 0.15) is 5.75 Å². The average molecular weight is 535 g/mol. The van der Waals surface area contributed by atoms with Crippen molar-refractivity contribution >= 4 is 33.7 Å². The van der Waals surface area contributed by atoms with Crippen molar-refractivity contribution in [3.63, 3.8) is 0 Å². The van der Waals surface area contributed by atoms with Crippen LogP contribution in [0, 0.1) is 0 Å². The number of methoxy groups -OCH3 is 1. The molecule has 204 valence electrons. The number of hydrogen-bond acceptors (Lipinski definition) is 7. The van der Waals surface area contributed by atoms with Gasteiger partial charge in [-0.15, -0.1) is 21.5 Å². The topological polar surface area (TPSA) is 58.8 Å². The van der Waals surface area contributed by atoms with Crippen LogP contribution in [-0.2, 0) is 5.41 Å². The molecule has 1 aromatic carbocycles. The summed E-state index contributed by atoms with van der Waals surface area (Å²) in [6.07, 6.45) is 4.63. The summed E-state index contributed by atoms with van der Waals surface area (Å²) in [6, 6.07) is 10.7. The van der Waals surface area contributed by atoms with Gasteiger partial charge in [0.05, 0.1) is 23.4 Å². The lowest BCUT2D eigenvalue weighted by Gasteiger charge is -2.22. The Morgan fingerprint density at radius 2 is 1.71 bits per heavy atom. The maximum absolute atomic E-state index is 5.75. The van der Waals surface area contributed by atoms with Crippen LogP contribution in [0.4, 0.5) is 10.7 Å². The molecule has 0 atom stereocenters. The first-order valence-electron chi connectivity index (χ1n) is 13.8. The maximum atomic E-state index is 5.75. The summed E-state index contributed by atoms with van der Waals surface area (Å²) >= 11 is 1.82. The highest BCUT2D eigenvalue weighted by molar-refractivity contribution is 7.16. The molecule has 0 bridgehead atoms. The zero-order valence-corrected chi connectivity index (χ0v) is 25.0. The molecular weight excluding hydrogens is 492 g/mol. The molecule has 0 amide bonds. The number of nitrogens with zero attached hydrogens (tertiary/aromatic N) is 6. The fraction of sp³-hybridized carbons (Fsp3) is 0.500. The van der Waals surface area contributed by atoms with E-state index in [2.05, 4.69) is 98.8 Å². The number of rotatable bonds is 11. The summed E-state index contributed by atoms with van der Waals surface area (Å²) in [5.41, 5.74) is 3.64. The fourth-order valence-corrected chi connectivity index (χ4v) is 5.86. The molecule has 3 heterocycles. The van der Waals surface area contributed by atoms with Crippen LogP contribution in [0.1, 0.15) is 71.9 Å². The summed E-state index contributed by atoms with van der Waals surface area (Å²) in [5.74, 6) is 1.45. The predicted octanol–water partition coefficient (Wildman–Crippen LogP) is 6.18. The van der Waals surface area contributed by atoms with Gasteiger partial charge < -0.3 is 14.5 Å². The second-order valence-corrected chi connectivity index (χ2v) is 11.7. The Labute approximate surface area is 231 Å². The molecule has 0 unspecified atom stereocenters. The molecule has 0 aliphatic heterocycles. The minimum atomic E-state index is -0.159. The molecule has 38 heavy (non-hydrogen) atoms. The number of fused-ring (bicyclic) bond motifs is 1. The lowest BCUT2D eigenvalue weighted by atomic mass is 9.91. The fourth-order valence-electron chi connectivity index (χ4n) is 4.82. The number of ether oxygens (including phenoxy) is 1. The number of hydrogen-bond donors (Lipinski definition) is 0. The second-order valence-electron chi connectivity index (χ2n) is 10.6. The van der Waals surface area contributed by atoms with Gasteiger partial charge in [-0.2, -0.15) is 9.61 Å². The van der Waals surface area contributed by atoms with Crippen LogP contribution in [0.25, 0.3) is 23.1 Å². The van der Waals surface area contributed by atoms with E-state index >= 15 is 0 Å². The minimum absolute atomic E-state index is 0.159. The van der Waals surface area contributed by atoms with Crippen molar-refractivity contribution in [1.29, 1.82) is 0 Å². The van der Waals surface area contributed by atoms with Gasteiger partial charge in [-0.3, -0.25) is 0 Å². The van der Waals surface area contributed by atoms with Gasteiger partial charge in [0, 0.05) is 47.4 Å². The first kappa shape index (κ1) is 27.9. The van der Waals surface area contributed by atoms with Crippen molar-refractivity contribution in [2.45, 2.75) is 66.7 Å². The van der Waals surface area contributed by atoms with E-state index in [0.717, 1.165) is 59.7 Å². The standard InChI is InChI=1S/C30H42N6OS/c1-9-13-18-35(12-4)26-17-15-22(38-26)20-24-27(30(5,6)7)33-36-28(31-32-29(24)36)23-19-21(34(10-2)11-3)14-16-25(23)37-8/h14-17,19-20H,9-13,18H2,1-8H3. The number of unbranched alkanes of at least 4 members (excludes halogenated alkanes) is 1. The molecule has 0 aliphatic carbocycles. The van der Waals surface area contributed by atoms with Gasteiger partial charge in [0.2, 0.25) is 0 Å². The zero-order chi connectivity index (χ0) is 27.4. The Kier molecular flexibility index (Phi) is 8.61. The third-order valence-corrected chi connectivity index (χ3v) is 8.07. The molecule has 7 nitrogen and oxygen atoms in total. The van der Waals surface area contributed by atoms with Crippen molar-refractivity contribution < 1.29 is 4.74 Å². The molecule has 0 aliphatic rings. The minimum Gasteiger partial charge on any atom is -0.496 e. The van der Waals surface area contributed by atoms with Crippen LogP contribution in [0.5, 0.6) is 5.75 Å². The quantitative estimate of drug-likeness (QED) is 0.229. The normalized spacial score (nSPS) is 12.5. The summed E-state index contributed by atoms with van der Waals surface area (Å²) in [6.45, 7) is 19.3. The predicted molar refractivity (Wildman–Crippen MR) is 161 cm³/mol. The van der Waals surface area contributed by atoms with Crippen molar-refractivity contribution in [2.24, 2.45) is 0 Å². The zero-order valence-electron chi connectivity index (χ0n) is 24.2. The van der Waals surface area contributed by atoms with Gasteiger partial charge in [-0.05, 0) is 63.6 Å². The van der Waals surface area contributed by atoms with Gasteiger partial charge >= 0.3 is 0 Å². The number of benzene rings is 1. The second kappa shape index (κ2) is 11.7. The van der Waals surface area contributed by atoms with E-state index in [0.29, 0.717) is 5.82 Å². The van der Waals surface area contributed by atoms with E-state index < -0.39 is 0 Å². The average Bonchev–Trinajstić information content (AvgIpc) is 3.62. The summed E-state index contributed by atoms with van der Waals surface area (Å²) in [7, 11) is 1.70. The molecule has 0 saturated carbocycles. The number of thiophene rings is 1. The van der Waals surface area contributed by atoms with Crippen LogP contribution in [-0.4, -0.2) is 53.1 Å². The third kappa shape index (κ3) is 5.51. The third-order valence-electron chi connectivity index (χ3n) is 6.97. The summed E-state index contributed by atoms with van der Waals surface area (Å²) < 4.78 is 7.64. The van der Waals surface area contributed by atoms with Gasteiger partial charge in [-0.25, -0.2) is 0 Å². The van der Waals surface area contributed by atoms with E-state index in [1.54, 1.807) is 7.11 Å². The summed E-state index contributed by atoms with van der Waals surface area (Å²) in [4.78, 5) is 5.97. The number of anilines is 2. The first-order chi connectivity index (χ1) is 18.2.